The van der Waals surface area contributed by atoms with E-state index in [9.17, 15) is 18.0 Å². The normalized spacial score (nSPS) is 18.2. The number of carbonyl (C=O) groups is 1. The van der Waals surface area contributed by atoms with E-state index in [4.69, 9.17) is 4.42 Å². The van der Waals surface area contributed by atoms with Crippen molar-refractivity contribution in [2.45, 2.75) is 17.3 Å². The highest BCUT2D eigenvalue weighted by atomic mass is 32.2. The number of rotatable bonds is 5. The molecule has 3 aromatic rings. The fourth-order valence-corrected chi connectivity index (χ4v) is 4.62. The summed E-state index contributed by atoms with van der Waals surface area (Å²) < 4.78 is 43.6. The number of nitrogens with zero attached hydrogens (tertiary/aromatic N) is 2. The predicted octanol–water partition coefficient (Wildman–Crippen LogP) is 5.73. The second-order valence-corrected chi connectivity index (χ2v) is 8.76. The lowest BCUT2D eigenvalue weighted by atomic mass is 10.1. The molecule has 9 heteroatoms. The summed E-state index contributed by atoms with van der Waals surface area (Å²) in [4.78, 5) is 19.2. The topological polar surface area (TPSA) is 46.3 Å². The molecule has 1 saturated heterocycles. The van der Waals surface area contributed by atoms with Crippen molar-refractivity contribution in [2.75, 3.05) is 6.54 Å². The Morgan fingerprint density at radius 3 is 2.58 bits per heavy atom. The zero-order chi connectivity index (χ0) is 22.0. The number of aromatic nitrogens is 1. The second-order valence-electron chi connectivity index (χ2n) is 6.80. The van der Waals surface area contributed by atoms with Crippen molar-refractivity contribution in [1.29, 1.82) is 0 Å². The first-order chi connectivity index (χ1) is 14.8. The summed E-state index contributed by atoms with van der Waals surface area (Å²) in [6.07, 6.45) is -0.422. The van der Waals surface area contributed by atoms with Crippen molar-refractivity contribution < 1.29 is 22.4 Å². The minimum absolute atomic E-state index is 0.145. The molecular formula is C22H17F3N2O2S2. The molecule has 1 unspecified atom stereocenters. The van der Waals surface area contributed by atoms with E-state index in [1.54, 1.807) is 29.3 Å². The van der Waals surface area contributed by atoms with Gasteiger partial charge in [-0.15, -0.1) is 12.6 Å². The van der Waals surface area contributed by atoms with E-state index in [-0.39, 0.29) is 10.6 Å². The van der Waals surface area contributed by atoms with Gasteiger partial charge in [0.15, 0.2) is 0 Å². The standard InChI is InChI=1S/C22H17F3N2O2S2/c23-22(24,25)15-6-4-14(5-7-15)18-9-8-17(29-18)13-19-20(28)27(21(30)31-19)12-10-16-3-1-2-11-26-16/h1-9,11,13,21,30H,10,12H2/b19-13-. The number of pyridine rings is 1. The Morgan fingerprint density at radius 2 is 1.90 bits per heavy atom. The van der Waals surface area contributed by atoms with Gasteiger partial charge in [-0.1, -0.05) is 30.0 Å². The van der Waals surface area contributed by atoms with Gasteiger partial charge in [0.2, 0.25) is 0 Å². The number of hydrogen-bond donors (Lipinski definition) is 1. The number of thiol groups is 1. The lowest BCUT2D eigenvalue weighted by Crippen LogP contribution is -2.31. The second kappa shape index (κ2) is 8.84. The molecule has 1 fully saturated rings. The smallest absolute Gasteiger partial charge is 0.416 e. The van der Waals surface area contributed by atoms with E-state index >= 15 is 0 Å². The SMILES string of the molecule is O=C1/C(=C/c2ccc(-c3ccc(C(F)(F)F)cc3)o2)SC(S)N1CCc1ccccn1. The number of carbonyl (C=O) groups excluding carboxylic acids is 1. The monoisotopic (exact) mass is 462 g/mol. The number of thioether (sulfide) groups is 1. The molecule has 0 bridgehead atoms. The molecule has 31 heavy (non-hydrogen) atoms. The summed E-state index contributed by atoms with van der Waals surface area (Å²) in [6.45, 7) is 0.489. The Morgan fingerprint density at radius 1 is 1.13 bits per heavy atom. The Bertz CT molecular complexity index is 1100. The summed E-state index contributed by atoms with van der Waals surface area (Å²) in [5.74, 6) is 0.719. The van der Waals surface area contributed by atoms with Gasteiger partial charge < -0.3 is 9.32 Å². The Hall–Kier alpha value is -2.65. The molecule has 1 atom stereocenters. The molecule has 3 heterocycles. The number of alkyl halides is 3. The third kappa shape index (κ3) is 4.99. The molecule has 0 N–H and O–H groups in total. The van der Waals surface area contributed by atoms with Gasteiger partial charge in [-0.2, -0.15) is 13.2 Å². The molecule has 1 amide bonds. The van der Waals surface area contributed by atoms with Gasteiger partial charge in [0.05, 0.1) is 10.5 Å². The minimum atomic E-state index is -4.39. The van der Waals surface area contributed by atoms with Crippen LogP contribution in [0, 0.1) is 0 Å². The summed E-state index contributed by atoms with van der Waals surface area (Å²) >= 11 is 5.82. The summed E-state index contributed by atoms with van der Waals surface area (Å²) in [5.41, 5.74) is 0.696. The fraction of sp³-hybridized carbons (Fsp3) is 0.182. The van der Waals surface area contributed by atoms with Crippen LogP contribution in [0.25, 0.3) is 17.4 Å². The maximum atomic E-state index is 12.8. The fourth-order valence-electron chi connectivity index (χ4n) is 3.10. The van der Waals surface area contributed by atoms with Gasteiger partial charge in [0, 0.05) is 36.5 Å². The van der Waals surface area contributed by atoms with Crippen LogP contribution in [-0.2, 0) is 17.4 Å². The largest absolute Gasteiger partial charge is 0.457 e. The van der Waals surface area contributed by atoms with Crippen molar-refractivity contribution in [3.8, 4) is 11.3 Å². The van der Waals surface area contributed by atoms with E-state index in [2.05, 4.69) is 17.6 Å². The molecule has 1 aliphatic heterocycles. The number of furan rings is 1. The lowest BCUT2D eigenvalue weighted by Gasteiger charge is -2.18. The molecule has 4 rings (SSSR count). The van der Waals surface area contributed by atoms with E-state index in [0.29, 0.717) is 35.0 Å². The first-order valence-corrected chi connectivity index (χ1v) is 10.8. The van der Waals surface area contributed by atoms with Crippen molar-refractivity contribution in [3.63, 3.8) is 0 Å². The Kier molecular flexibility index (Phi) is 6.15. The van der Waals surface area contributed by atoms with Crippen LogP contribution in [0.4, 0.5) is 13.2 Å². The van der Waals surface area contributed by atoms with Gasteiger partial charge >= 0.3 is 6.18 Å². The number of amides is 1. The summed E-state index contributed by atoms with van der Waals surface area (Å²) in [7, 11) is 0. The molecule has 0 spiro atoms. The maximum Gasteiger partial charge on any atom is 0.416 e. The molecule has 0 aliphatic carbocycles. The van der Waals surface area contributed by atoms with Crippen LogP contribution in [0.3, 0.4) is 0 Å². The molecular weight excluding hydrogens is 445 g/mol. The van der Waals surface area contributed by atoms with E-state index in [1.165, 1.54) is 23.9 Å². The van der Waals surface area contributed by atoms with E-state index in [0.717, 1.165) is 17.8 Å². The highest BCUT2D eigenvalue weighted by Gasteiger charge is 2.34. The molecule has 0 saturated carbocycles. The van der Waals surface area contributed by atoms with Crippen LogP contribution in [0.1, 0.15) is 17.0 Å². The third-order valence-electron chi connectivity index (χ3n) is 4.70. The van der Waals surface area contributed by atoms with Crippen LogP contribution in [0.15, 0.2) is 70.1 Å². The molecule has 0 radical (unpaired) electrons. The Labute approximate surface area is 186 Å². The summed E-state index contributed by atoms with van der Waals surface area (Å²) in [5, 5.41) is 0. The summed E-state index contributed by atoms with van der Waals surface area (Å²) in [6, 6.07) is 13.7. The van der Waals surface area contributed by atoms with Gasteiger partial charge in [-0.05, 0) is 36.4 Å². The first-order valence-electron chi connectivity index (χ1n) is 9.36. The van der Waals surface area contributed by atoms with Crippen molar-refractivity contribution in [1.82, 2.24) is 9.88 Å². The van der Waals surface area contributed by atoms with Crippen LogP contribution in [0.5, 0.6) is 0 Å². The number of halogens is 3. The van der Waals surface area contributed by atoms with Gasteiger partial charge in [0.1, 0.15) is 16.2 Å². The number of hydrogen-bond acceptors (Lipinski definition) is 5. The average molecular weight is 463 g/mol. The van der Waals surface area contributed by atoms with Gasteiger partial charge in [-0.3, -0.25) is 9.78 Å². The molecule has 2 aromatic heterocycles. The van der Waals surface area contributed by atoms with Crippen molar-refractivity contribution in [3.05, 3.63) is 82.7 Å². The van der Waals surface area contributed by atoms with Gasteiger partial charge in [-0.25, -0.2) is 0 Å². The molecule has 160 valence electrons. The first kappa shape index (κ1) is 21.6. The van der Waals surface area contributed by atoms with E-state index < -0.39 is 11.7 Å². The molecule has 4 nitrogen and oxygen atoms in total. The molecule has 1 aliphatic rings. The quantitative estimate of drug-likeness (QED) is 0.388. The van der Waals surface area contributed by atoms with Crippen LogP contribution < -0.4 is 0 Å². The minimum Gasteiger partial charge on any atom is -0.457 e. The predicted molar refractivity (Wildman–Crippen MR) is 117 cm³/mol. The lowest BCUT2D eigenvalue weighted by molar-refractivity contribution is -0.137. The van der Waals surface area contributed by atoms with E-state index in [1.807, 2.05) is 18.2 Å². The average Bonchev–Trinajstić information content (AvgIpc) is 3.32. The third-order valence-corrected chi connectivity index (χ3v) is 6.31. The highest BCUT2D eigenvalue weighted by Crippen LogP contribution is 2.38. The van der Waals surface area contributed by atoms with Gasteiger partial charge in [0.25, 0.3) is 5.91 Å². The molecule has 1 aromatic carbocycles. The van der Waals surface area contributed by atoms with Crippen LogP contribution in [-0.4, -0.2) is 27.0 Å². The van der Waals surface area contributed by atoms with Crippen molar-refractivity contribution in [2.24, 2.45) is 0 Å². The van der Waals surface area contributed by atoms with Crippen molar-refractivity contribution >= 4 is 36.4 Å². The highest BCUT2D eigenvalue weighted by molar-refractivity contribution is 8.14. The Balaban J connectivity index is 1.45. The maximum absolute atomic E-state index is 12.8. The number of benzene rings is 1. The zero-order valence-electron chi connectivity index (χ0n) is 16.0. The van der Waals surface area contributed by atoms with Crippen LogP contribution >= 0.6 is 24.4 Å². The zero-order valence-corrected chi connectivity index (χ0v) is 17.8. The van der Waals surface area contributed by atoms with Crippen LogP contribution in [0.2, 0.25) is 0 Å².